The zero-order chi connectivity index (χ0) is 12.4. The molecule has 1 heterocycles. The normalized spacial score (nSPS) is 16.9. The fourth-order valence-corrected chi connectivity index (χ4v) is 2.43. The van der Waals surface area contributed by atoms with E-state index in [2.05, 4.69) is 26.9 Å². The zero-order valence-electron chi connectivity index (χ0n) is 9.58. The van der Waals surface area contributed by atoms with E-state index in [1.165, 1.54) is 6.07 Å². The van der Waals surface area contributed by atoms with Crippen LogP contribution in [-0.4, -0.2) is 38.1 Å². The third-order valence-corrected chi connectivity index (χ3v) is 3.43. The standard InChI is InChI=1S/C12H13BrFN3/c1-16-2-4-17(5-3-16)12-9(8-15)6-10(13)7-11(12)14/h6-7H,2-5H2,1H3. The monoisotopic (exact) mass is 297 g/mol. The molecule has 1 aromatic rings. The van der Waals surface area contributed by atoms with Gasteiger partial charge >= 0.3 is 0 Å². The van der Waals surface area contributed by atoms with Gasteiger partial charge in [-0.2, -0.15) is 5.26 Å². The van der Waals surface area contributed by atoms with Gasteiger partial charge in [0.15, 0.2) is 0 Å². The van der Waals surface area contributed by atoms with Crippen LogP contribution in [0.15, 0.2) is 16.6 Å². The minimum absolute atomic E-state index is 0.333. The summed E-state index contributed by atoms with van der Waals surface area (Å²) in [6.45, 7) is 3.29. The van der Waals surface area contributed by atoms with Crippen molar-refractivity contribution in [3.8, 4) is 6.07 Å². The van der Waals surface area contributed by atoms with Crippen LogP contribution in [-0.2, 0) is 0 Å². The van der Waals surface area contributed by atoms with Crippen molar-refractivity contribution in [1.29, 1.82) is 5.26 Å². The predicted octanol–water partition coefficient (Wildman–Crippen LogP) is 2.21. The van der Waals surface area contributed by atoms with Crippen LogP contribution < -0.4 is 4.90 Å². The van der Waals surface area contributed by atoms with E-state index in [1.54, 1.807) is 6.07 Å². The van der Waals surface area contributed by atoms with Crippen LogP contribution in [0.4, 0.5) is 10.1 Å². The molecule has 1 aliphatic rings. The first kappa shape index (κ1) is 12.3. The summed E-state index contributed by atoms with van der Waals surface area (Å²) < 4.78 is 14.5. The van der Waals surface area contributed by atoms with Crippen LogP contribution in [0.3, 0.4) is 0 Å². The summed E-state index contributed by atoms with van der Waals surface area (Å²) in [6.07, 6.45) is 0. The first-order chi connectivity index (χ1) is 8.11. The van der Waals surface area contributed by atoms with E-state index in [0.29, 0.717) is 15.7 Å². The smallest absolute Gasteiger partial charge is 0.148 e. The van der Waals surface area contributed by atoms with Crippen LogP contribution in [0, 0.1) is 17.1 Å². The molecule has 0 atom stereocenters. The van der Waals surface area contributed by atoms with E-state index < -0.39 is 0 Å². The quantitative estimate of drug-likeness (QED) is 0.796. The maximum atomic E-state index is 13.9. The molecule has 2 rings (SSSR count). The van der Waals surface area contributed by atoms with Gasteiger partial charge < -0.3 is 9.80 Å². The predicted molar refractivity (Wildman–Crippen MR) is 68.5 cm³/mol. The van der Waals surface area contributed by atoms with Crippen molar-refractivity contribution >= 4 is 21.6 Å². The summed E-state index contributed by atoms with van der Waals surface area (Å²) in [7, 11) is 2.04. The molecule has 0 aromatic heterocycles. The fourth-order valence-electron chi connectivity index (χ4n) is 2.00. The number of anilines is 1. The second-order valence-electron chi connectivity index (χ2n) is 4.19. The summed E-state index contributed by atoms with van der Waals surface area (Å²) >= 11 is 3.20. The largest absolute Gasteiger partial charge is 0.366 e. The van der Waals surface area contributed by atoms with E-state index in [1.807, 2.05) is 11.9 Å². The molecule has 90 valence electrons. The molecule has 0 N–H and O–H groups in total. The van der Waals surface area contributed by atoms with Crippen molar-refractivity contribution in [3.05, 3.63) is 28.0 Å². The van der Waals surface area contributed by atoms with Crippen LogP contribution in [0.5, 0.6) is 0 Å². The third-order valence-electron chi connectivity index (χ3n) is 2.97. The molecule has 17 heavy (non-hydrogen) atoms. The molecule has 0 spiro atoms. The molecule has 0 radical (unpaired) electrons. The number of likely N-dealkylation sites (N-methyl/N-ethyl adjacent to an activating group) is 1. The Balaban J connectivity index is 2.35. The van der Waals surface area contributed by atoms with Gasteiger partial charge in [-0.15, -0.1) is 0 Å². The van der Waals surface area contributed by atoms with Crippen molar-refractivity contribution in [2.45, 2.75) is 0 Å². The van der Waals surface area contributed by atoms with Crippen molar-refractivity contribution < 1.29 is 4.39 Å². The van der Waals surface area contributed by atoms with E-state index in [9.17, 15) is 4.39 Å². The minimum atomic E-state index is -0.333. The van der Waals surface area contributed by atoms with Gasteiger partial charge in [0.05, 0.1) is 11.3 Å². The summed E-state index contributed by atoms with van der Waals surface area (Å²) in [5.41, 5.74) is 0.824. The number of piperazine rings is 1. The summed E-state index contributed by atoms with van der Waals surface area (Å²) in [6, 6.07) is 5.14. The third kappa shape index (κ3) is 2.59. The Morgan fingerprint density at radius 1 is 1.29 bits per heavy atom. The first-order valence-corrected chi connectivity index (χ1v) is 6.24. The maximum absolute atomic E-state index is 13.9. The van der Waals surface area contributed by atoms with Crippen molar-refractivity contribution in [1.82, 2.24) is 4.90 Å². The minimum Gasteiger partial charge on any atom is -0.366 e. The Hall–Kier alpha value is -1.12. The topological polar surface area (TPSA) is 30.3 Å². The molecule has 1 aliphatic heterocycles. The molecule has 1 aromatic carbocycles. The Kier molecular flexibility index (Phi) is 3.65. The number of hydrogen-bond acceptors (Lipinski definition) is 3. The van der Waals surface area contributed by atoms with Crippen molar-refractivity contribution in [3.63, 3.8) is 0 Å². The van der Waals surface area contributed by atoms with Crippen molar-refractivity contribution in [2.75, 3.05) is 38.1 Å². The van der Waals surface area contributed by atoms with Gasteiger partial charge in [0, 0.05) is 30.7 Å². The number of nitriles is 1. The molecular formula is C12H13BrFN3. The molecular weight excluding hydrogens is 285 g/mol. The Morgan fingerprint density at radius 2 is 1.94 bits per heavy atom. The van der Waals surface area contributed by atoms with Gasteiger partial charge in [-0.25, -0.2) is 4.39 Å². The number of halogens is 2. The molecule has 0 bridgehead atoms. The molecule has 0 aliphatic carbocycles. The summed E-state index contributed by atoms with van der Waals surface area (Å²) in [5, 5.41) is 9.08. The molecule has 1 saturated heterocycles. The van der Waals surface area contributed by atoms with Gasteiger partial charge in [-0.3, -0.25) is 0 Å². The lowest BCUT2D eigenvalue weighted by Gasteiger charge is -2.34. The van der Waals surface area contributed by atoms with E-state index in [0.717, 1.165) is 26.2 Å². The molecule has 1 fully saturated rings. The van der Waals surface area contributed by atoms with Gasteiger partial charge in [-0.05, 0) is 19.2 Å². The Bertz CT molecular complexity index is 462. The highest BCUT2D eigenvalue weighted by molar-refractivity contribution is 9.10. The molecule has 0 amide bonds. The number of nitrogens with zero attached hydrogens (tertiary/aromatic N) is 3. The van der Waals surface area contributed by atoms with Crippen molar-refractivity contribution in [2.24, 2.45) is 0 Å². The SMILES string of the molecule is CN1CCN(c2c(F)cc(Br)cc2C#N)CC1. The lowest BCUT2D eigenvalue weighted by atomic mass is 10.1. The maximum Gasteiger partial charge on any atom is 0.148 e. The van der Waals surface area contributed by atoms with Crippen LogP contribution in [0.25, 0.3) is 0 Å². The van der Waals surface area contributed by atoms with Gasteiger partial charge in [-0.1, -0.05) is 15.9 Å². The van der Waals surface area contributed by atoms with Crippen LogP contribution in [0.1, 0.15) is 5.56 Å². The molecule has 0 saturated carbocycles. The highest BCUT2D eigenvalue weighted by Crippen LogP contribution is 2.28. The lowest BCUT2D eigenvalue weighted by molar-refractivity contribution is 0.311. The van der Waals surface area contributed by atoms with Crippen LogP contribution in [0.2, 0.25) is 0 Å². The number of rotatable bonds is 1. The molecule has 3 nitrogen and oxygen atoms in total. The number of benzene rings is 1. The first-order valence-electron chi connectivity index (χ1n) is 5.44. The summed E-state index contributed by atoms with van der Waals surface area (Å²) in [5.74, 6) is -0.333. The zero-order valence-corrected chi connectivity index (χ0v) is 11.2. The van der Waals surface area contributed by atoms with Gasteiger partial charge in [0.25, 0.3) is 0 Å². The average molecular weight is 298 g/mol. The van der Waals surface area contributed by atoms with E-state index in [-0.39, 0.29) is 5.82 Å². The Morgan fingerprint density at radius 3 is 2.53 bits per heavy atom. The number of hydrogen-bond donors (Lipinski definition) is 0. The fraction of sp³-hybridized carbons (Fsp3) is 0.417. The lowest BCUT2D eigenvalue weighted by Crippen LogP contribution is -2.45. The Labute approximate surface area is 109 Å². The molecule has 5 heteroatoms. The second kappa shape index (κ2) is 5.03. The second-order valence-corrected chi connectivity index (χ2v) is 5.10. The average Bonchev–Trinajstić information content (AvgIpc) is 2.30. The van der Waals surface area contributed by atoms with E-state index in [4.69, 9.17) is 5.26 Å². The van der Waals surface area contributed by atoms with Crippen LogP contribution >= 0.6 is 15.9 Å². The molecule has 0 unspecified atom stereocenters. The van der Waals surface area contributed by atoms with Gasteiger partial charge in [0.2, 0.25) is 0 Å². The highest BCUT2D eigenvalue weighted by Gasteiger charge is 2.20. The summed E-state index contributed by atoms with van der Waals surface area (Å²) in [4.78, 5) is 4.14. The van der Waals surface area contributed by atoms with E-state index >= 15 is 0 Å². The highest BCUT2D eigenvalue weighted by atomic mass is 79.9. The van der Waals surface area contributed by atoms with Gasteiger partial charge in [0.1, 0.15) is 11.9 Å².